The van der Waals surface area contributed by atoms with Crippen LogP contribution in [0.3, 0.4) is 0 Å². The number of aromatic nitrogens is 2. The number of hydrogen-bond acceptors (Lipinski definition) is 2. The van der Waals surface area contributed by atoms with E-state index < -0.39 is 0 Å². The van der Waals surface area contributed by atoms with Crippen molar-refractivity contribution < 1.29 is 4.79 Å². The van der Waals surface area contributed by atoms with E-state index in [1.807, 2.05) is 32.0 Å². The number of aromatic amines is 1. The van der Waals surface area contributed by atoms with E-state index >= 15 is 0 Å². The van der Waals surface area contributed by atoms with Gasteiger partial charge in [-0.15, -0.1) is 0 Å². The first-order chi connectivity index (χ1) is 8.49. The maximum atomic E-state index is 12.2. The molecule has 94 valence electrons. The lowest BCUT2D eigenvalue weighted by Gasteiger charge is -2.08. The minimum atomic E-state index is -0.151. The van der Waals surface area contributed by atoms with E-state index in [0.717, 1.165) is 19.4 Å². The van der Waals surface area contributed by atoms with Crippen molar-refractivity contribution in [2.24, 2.45) is 0 Å². The SMILES string of the molecule is Cc1n[nH]c(C)c1C(=O)Nc1cc(I)ccc1Br. The molecule has 18 heavy (non-hydrogen) atoms. The Morgan fingerprint density at radius 3 is 2.78 bits per heavy atom. The molecular formula is C12H11BrIN3O. The normalized spacial score (nSPS) is 10.4. The van der Waals surface area contributed by atoms with Crippen LogP contribution in [-0.2, 0) is 0 Å². The molecule has 0 spiro atoms. The van der Waals surface area contributed by atoms with Gasteiger partial charge in [-0.2, -0.15) is 5.10 Å². The number of rotatable bonds is 2. The van der Waals surface area contributed by atoms with E-state index in [9.17, 15) is 4.79 Å². The quantitative estimate of drug-likeness (QED) is 0.730. The van der Waals surface area contributed by atoms with Gasteiger partial charge in [0.05, 0.1) is 16.9 Å². The molecule has 0 aliphatic heterocycles. The lowest BCUT2D eigenvalue weighted by molar-refractivity contribution is 0.102. The summed E-state index contributed by atoms with van der Waals surface area (Å²) >= 11 is 5.62. The zero-order chi connectivity index (χ0) is 13.3. The van der Waals surface area contributed by atoms with Crippen molar-refractivity contribution in [2.75, 3.05) is 5.32 Å². The van der Waals surface area contributed by atoms with Crippen LogP contribution in [0.15, 0.2) is 22.7 Å². The van der Waals surface area contributed by atoms with Crippen molar-refractivity contribution in [1.29, 1.82) is 0 Å². The number of amides is 1. The Kier molecular flexibility index (Phi) is 4.06. The molecule has 2 aromatic rings. The summed E-state index contributed by atoms with van der Waals surface area (Å²) < 4.78 is 1.92. The van der Waals surface area contributed by atoms with Crippen LogP contribution >= 0.6 is 38.5 Å². The number of anilines is 1. The molecule has 0 atom stereocenters. The number of aryl methyl sites for hydroxylation is 2. The van der Waals surface area contributed by atoms with Gasteiger partial charge in [0.2, 0.25) is 0 Å². The van der Waals surface area contributed by atoms with Crippen molar-refractivity contribution in [3.63, 3.8) is 0 Å². The second-order valence-electron chi connectivity index (χ2n) is 3.89. The number of H-pyrrole nitrogens is 1. The fraction of sp³-hybridized carbons (Fsp3) is 0.167. The van der Waals surface area contributed by atoms with Crippen LogP contribution in [0.2, 0.25) is 0 Å². The molecular weight excluding hydrogens is 409 g/mol. The van der Waals surface area contributed by atoms with E-state index in [4.69, 9.17) is 0 Å². The van der Waals surface area contributed by atoms with Gasteiger partial charge in [0.1, 0.15) is 0 Å². The van der Waals surface area contributed by atoms with Crippen molar-refractivity contribution in [3.05, 3.63) is 43.2 Å². The summed E-state index contributed by atoms with van der Waals surface area (Å²) in [4.78, 5) is 12.2. The summed E-state index contributed by atoms with van der Waals surface area (Å²) in [6.45, 7) is 3.64. The highest BCUT2D eigenvalue weighted by Gasteiger charge is 2.16. The third kappa shape index (κ3) is 2.74. The molecule has 0 aliphatic carbocycles. The predicted molar refractivity (Wildman–Crippen MR) is 82.9 cm³/mol. The smallest absolute Gasteiger partial charge is 0.259 e. The first-order valence-electron chi connectivity index (χ1n) is 5.27. The van der Waals surface area contributed by atoms with Crippen LogP contribution in [0.5, 0.6) is 0 Å². The standard InChI is InChI=1S/C12H11BrIN3O/c1-6-11(7(2)17-16-6)12(18)15-10-5-8(14)3-4-9(10)13/h3-5H,1-2H3,(H,15,18)(H,16,17). The van der Waals surface area contributed by atoms with Crippen LogP contribution in [0.25, 0.3) is 0 Å². The van der Waals surface area contributed by atoms with E-state index in [0.29, 0.717) is 11.3 Å². The molecule has 2 rings (SSSR count). The van der Waals surface area contributed by atoms with Crippen molar-refractivity contribution in [1.82, 2.24) is 10.2 Å². The lowest BCUT2D eigenvalue weighted by atomic mass is 10.2. The predicted octanol–water partition coefficient (Wildman–Crippen LogP) is 3.65. The highest BCUT2D eigenvalue weighted by Crippen LogP contribution is 2.25. The monoisotopic (exact) mass is 419 g/mol. The van der Waals surface area contributed by atoms with E-state index in [1.165, 1.54) is 0 Å². The van der Waals surface area contributed by atoms with Gasteiger partial charge < -0.3 is 5.32 Å². The Hall–Kier alpha value is -0.890. The fourth-order valence-corrected chi connectivity index (χ4v) is 2.50. The van der Waals surface area contributed by atoms with E-state index in [2.05, 4.69) is 54.0 Å². The van der Waals surface area contributed by atoms with E-state index in [1.54, 1.807) is 0 Å². The van der Waals surface area contributed by atoms with Crippen LogP contribution < -0.4 is 5.32 Å². The van der Waals surface area contributed by atoms with Gasteiger partial charge in [0, 0.05) is 13.7 Å². The van der Waals surface area contributed by atoms with Gasteiger partial charge in [-0.3, -0.25) is 9.89 Å². The van der Waals surface area contributed by atoms with Gasteiger partial charge in [0.25, 0.3) is 5.91 Å². The summed E-state index contributed by atoms with van der Waals surface area (Å²) in [7, 11) is 0. The molecule has 0 bridgehead atoms. The molecule has 1 amide bonds. The average molecular weight is 420 g/mol. The number of carbonyl (C=O) groups excluding carboxylic acids is 1. The summed E-state index contributed by atoms with van der Waals surface area (Å²) in [5, 5.41) is 9.71. The highest BCUT2D eigenvalue weighted by molar-refractivity contribution is 14.1. The molecule has 0 fully saturated rings. The summed E-state index contributed by atoms with van der Waals surface area (Å²) in [5.74, 6) is -0.151. The summed E-state index contributed by atoms with van der Waals surface area (Å²) in [6.07, 6.45) is 0. The maximum Gasteiger partial charge on any atom is 0.259 e. The highest BCUT2D eigenvalue weighted by atomic mass is 127. The van der Waals surface area contributed by atoms with Crippen LogP contribution in [-0.4, -0.2) is 16.1 Å². The molecule has 0 saturated carbocycles. The van der Waals surface area contributed by atoms with Crippen molar-refractivity contribution >= 4 is 50.1 Å². The van der Waals surface area contributed by atoms with Gasteiger partial charge in [-0.25, -0.2) is 0 Å². The third-order valence-corrected chi connectivity index (χ3v) is 3.89. The molecule has 0 saturated heterocycles. The molecule has 1 aromatic heterocycles. The number of carbonyl (C=O) groups is 1. The Bertz CT molecular complexity index is 590. The number of nitrogens with one attached hydrogen (secondary N) is 2. The zero-order valence-corrected chi connectivity index (χ0v) is 13.6. The van der Waals surface area contributed by atoms with Crippen molar-refractivity contribution in [3.8, 4) is 0 Å². The zero-order valence-electron chi connectivity index (χ0n) is 9.84. The van der Waals surface area contributed by atoms with Gasteiger partial charge >= 0.3 is 0 Å². The number of hydrogen-bond donors (Lipinski definition) is 2. The molecule has 0 unspecified atom stereocenters. The maximum absolute atomic E-state index is 12.2. The average Bonchev–Trinajstić information content (AvgIpc) is 2.63. The van der Waals surface area contributed by atoms with Crippen LogP contribution in [0.4, 0.5) is 5.69 Å². The van der Waals surface area contributed by atoms with Gasteiger partial charge in [0.15, 0.2) is 0 Å². The summed E-state index contributed by atoms with van der Waals surface area (Å²) in [6, 6.07) is 5.79. The molecule has 6 heteroatoms. The first-order valence-corrected chi connectivity index (χ1v) is 7.14. The minimum Gasteiger partial charge on any atom is -0.321 e. The van der Waals surface area contributed by atoms with Gasteiger partial charge in [-0.1, -0.05) is 0 Å². The van der Waals surface area contributed by atoms with Gasteiger partial charge in [-0.05, 0) is 70.6 Å². The lowest BCUT2D eigenvalue weighted by Crippen LogP contribution is -2.14. The van der Waals surface area contributed by atoms with Crippen LogP contribution in [0.1, 0.15) is 21.7 Å². The Morgan fingerprint density at radius 2 is 2.17 bits per heavy atom. The number of benzene rings is 1. The van der Waals surface area contributed by atoms with Crippen LogP contribution in [0, 0.1) is 17.4 Å². The largest absolute Gasteiger partial charge is 0.321 e. The number of halogens is 2. The Labute approximate surface area is 127 Å². The minimum absolute atomic E-state index is 0.151. The van der Waals surface area contributed by atoms with E-state index in [-0.39, 0.29) is 5.91 Å². The third-order valence-electron chi connectivity index (χ3n) is 2.53. The molecule has 0 radical (unpaired) electrons. The Balaban J connectivity index is 2.30. The Morgan fingerprint density at radius 1 is 1.44 bits per heavy atom. The molecule has 1 heterocycles. The van der Waals surface area contributed by atoms with Crippen molar-refractivity contribution in [2.45, 2.75) is 13.8 Å². The second-order valence-corrected chi connectivity index (χ2v) is 5.99. The molecule has 4 nitrogen and oxygen atoms in total. The molecule has 1 aromatic carbocycles. The molecule has 2 N–H and O–H groups in total. The topological polar surface area (TPSA) is 57.8 Å². The fourth-order valence-electron chi connectivity index (χ4n) is 1.66. The first kappa shape index (κ1) is 13.5. The second kappa shape index (κ2) is 5.40. The molecule has 0 aliphatic rings. The summed E-state index contributed by atoms with van der Waals surface area (Å²) in [5.41, 5.74) is 2.83. The number of nitrogens with zero attached hydrogens (tertiary/aromatic N) is 1.